The normalized spacial score (nSPS) is 14.5. The van der Waals surface area contributed by atoms with Gasteiger partial charge in [0.25, 0.3) is 0 Å². The molecule has 0 heterocycles. The van der Waals surface area contributed by atoms with Gasteiger partial charge in [-0.25, -0.2) is 0 Å². The molecule has 0 saturated carbocycles. The molecule has 2 N–H and O–H groups in total. The Bertz CT molecular complexity index is 384. The van der Waals surface area contributed by atoms with Crippen molar-refractivity contribution in [2.24, 2.45) is 0 Å². The number of hydrogen-bond acceptors (Lipinski definition) is 3. The van der Waals surface area contributed by atoms with Gasteiger partial charge in [0, 0.05) is 17.6 Å². The zero-order valence-corrected chi connectivity index (χ0v) is 13.5. The monoisotopic (exact) mass is 298 g/mol. The summed E-state index contributed by atoms with van der Waals surface area (Å²) in [6.45, 7) is 6.81. The van der Waals surface area contributed by atoms with E-state index in [1.807, 2.05) is 25.1 Å². The van der Waals surface area contributed by atoms with E-state index in [0.717, 1.165) is 37.5 Å². The van der Waals surface area contributed by atoms with Crippen LogP contribution in [0, 0.1) is 0 Å². The van der Waals surface area contributed by atoms with Crippen molar-refractivity contribution < 1.29 is 5.11 Å². The minimum atomic E-state index is -0.227. The third-order valence-electron chi connectivity index (χ3n) is 3.43. The van der Waals surface area contributed by atoms with Crippen molar-refractivity contribution in [3.63, 3.8) is 0 Å². The topological polar surface area (TPSA) is 35.5 Å². The van der Waals surface area contributed by atoms with Crippen LogP contribution in [0.3, 0.4) is 0 Å². The summed E-state index contributed by atoms with van der Waals surface area (Å²) in [6, 6.07) is 8.38. The average molecular weight is 299 g/mol. The van der Waals surface area contributed by atoms with Gasteiger partial charge in [0.15, 0.2) is 0 Å². The fraction of sp³-hybridized carbons (Fsp3) is 0.625. The molecule has 0 fully saturated rings. The highest BCUT2D eigenvalue weighted by atomic mass is 35.5. The number of benzene rings is 1. The molecule has 0 aromatic heterocycles. The van der Waals surface area contributed by atoms with E-state index in [4.69, 9.17) is 11.6 Å². The van der Waals surface area contributed by atoms with Gasteiger partial charge < -0.3 is 15.3 Å². The quantitative estimate of drug-likeness (QED) is 0.735. The number of rotatable bonds is 9. The van der Waals surface area contributed by atoms with Gasteiger partial charge in [-0.05, 0) is 57.6 Å². The Morgan fingerprint density at radius 1 is 1.30 bits per heavy atom. The molecule has 0 spiro atoms. The predicted molar refractivity (Wildman–Crippen MR) is 86.3 cm³/mol. The number of nitrogens with one attached hydrogen (secondary N) is 1. The molecule has 2 atom stereocenters. The van der Waals surface area contributed by atoms with Gasteiger partial charge in [-0.15, -0.1) is 0 Å². The van der Waals surface area contributed by atoms with Crippen LogP contribution in [0.5, 0.6) is 0 Å². The molecule has 0 bridgehead atoms. The van der Waals surface area contributed by atoms with Gasteiger partial charge in [-0.1, -0.05) is 30.7 Å². The zero-order valence-electron chi connectivity index (χ0n) is 12.8. The average Bonchev–Trinajstić information content (AvgIpc) is 2.41. The Kier molecular flexibility index (Phi) is 8.15. The van der Waals surface area contributed by atoms with Crippen LogP contribution < -0.4 is 5.32 Å². The fourth-order valence-electron chi connectivity index (χ4n) is 2.22. The first-order valence-corrected chi connectivity index (χ1v) is 7.76. The largest absolute Gasteiger partial charge is 0.393 e. The lowest BCUT2D eigenvalue weighted by Crippen LogP contribution is -2.28. The fourth-order valence-corrected chi connectivity index (χ4v) is 2.42. The molecule has 3 nitrogen and oxygen atoms in total. The van der Waals surface area contributed by atoms with Gasteiger partial charge >= 0.3 is 0 Å². The molecule has 0 amide bonds. The van der Waals surface area contributed by atoms with E-state index >= 15 is 0 Å². The molecular formula is C16H27ClN2O. The summed E-state index contributed by atoms with van der Waals surface area (Å²) in [6.07, 6.45) is 1.62. The van der Waals surface area contributed by atoms with Crippen molar-refractivity contribution in [2.75, 3.05) is 26.7 Å². The number of halogens is 1. The molecule has 1 rings (SSSR count). The van der Waals surface area contributed by atoms with Crippen LogP contribution in [-0.2, 0) is 0 Å². The molecule has 20 heavy (non-hydrogen) atoms. The maximum atomic E-state index is 9.32. The van der Waals surface area contributed by atoms with E-state index in [1.54, 1.807) is 0 Å². The molecule has 1 aromatic carbocycles. The van der Waals surface area contributed by atoms with E-state index in [9.17, 15) is 5.11 Å². The van der Waals surface area contributed by atoms with E-state index in [-0.39, 0.29) is 6.10 Å². The summed E-state index contributed by atoms with van der Waals surface area (Å²) in [7, 11) is 2.10. The van der Waals surface area contributed by atoms with Crippen LogP contribution in [-0.4, -0.2) is 42.8 Å². The van der Waals surface area contributed by atoms with Crippen LogP contribution in [0.25, 0.3) is 0 Å². The summed E-state index contributed by atoms with van der Waals surface area (Å²) < 4.78 is 0. The minimum absolute atomic E-state index is 0.227. The van der Waals surface area contributed by atoms with E-state index in [2.05, 4.69) is 30.3 Å². The van der Waals surface area contributed by atoms with Crippen molar-refractivity contribution in [3.8, 4) is 0 Å². The molecule has 0 aliphatic heterocycles. The zero-order chi connectivity index (χ0) is 15.0. The van der Waals surface area contributed by atoms with Gasteiger partial charge in [-0.2, -0.15) is 0 Å². The van der Waals surface area contributed by atoms with E-state index in [1.165, 1.54) is 5.56 Å². The van der Waals surface area contributed by atoms with Crippen LogP contribution in [0.15, 0.2) is 24.3 Å². The second-order valence-corrected chi connectivity index (χ2v) is 5.83. The Balaban J connectivity index is 2.51. The van der Waals surface area contributed by atoms with Crippen molar-refractivity contribution in [1.29, 1.82) is 0 Å². The van der Waals surface area contributed by atoms with Gasteiger partial charge in [0.2, 0.25) is 0 Å². The van der Waals surface area contributed by atoms with Crippen LogP contribution in [0.1, 0.15) is 38.3 Å². The van der Waals surface area contributed by atoms with Gasteiger partial charge in [0.1, 0.15) is 0 Å². The lowest BCUT2D eigenvalue weighted by molar-refractivity contribution is 0.163. The maximum Gasteiger partial charge on any atom is 0.0524 e. The molecule has 4 heteroatoms. The van der Waals surface area contributed by atoms with Crippen LogP contribution in [0.4, 0.5) is 0 Å². The van der Waals surface area contributed by atoms with Crippen molar-refractivity contribution in [2.45, 2.75) is 38.8 Å². The van der Waals surface area contributed by atoms with Crippen molar-refractivity contribution in [1.82, 2.24) is 10.2 Å². The maximum absolute atomic E-state index is 9.32. The third kappa shape index (κ3) is 6.71. The lowest BCUT2D eigenvalue weighted by atomic mass is 10.0. The van der Waals surface area contributed by atoms with E-state index < -0.39 is 0 Å². The Morgan fingerprint density at radius 2 is 2.00 bits per heavy atom. The Hall–Kier alpha value is -0.610. The summed E-state index contributed by atoms with van der Waals surface area (Å²) >= 11 is 6.07. The number of hydrogen-bond donors (Lipinski definition) is 2. The molecule has 1 aromatic rings. The summed E-state index contributed by atoms with van der Waals surface area (Å²) in [4.78, 5) is 2.27. The minimum Gasteiger partial charge on any atom is -0.393 e. The summed E-state index contributed by atoms with van der Waals surface area (Å²) in [5.74, 6) is 0. The van der Waals surface area contributed by atoms with Gasteiger partial charge in [0.05, 0.1) is 6.10 Å². The molecule has 0 aliphatic carbocycles. The highest BCUT2D eigenvalue weighted by Gasteiger charge is 2.12. The van der Waals surface area contributed by atoms with Crippen LogP contribution in [0.2, 0.25) is 5.02 Å². The first kappa shape index (κ1) is 17.4. The molecule has 0 aliphatic rings. The Morgan fingerprint density at radius 3 is 2.60 bits per heavy atom. The smallest absolute Gasteiger partial charge is 0.0524 e. The second-order valence-electron chi connectivity index (χ2n) is 5.39. The van der Waals surface area contributed by atoms with Crippen molar-refractivity contribution >= 4 is 11.6 Å². The predicted octanol–water partition coefficient (Wildman–Crippen LogP) is 3.08. The molecule has 2 unspecified atom stereocenters. The summed E-state index contributed by atoms with van der Waals surface area (Å²) in [5.41, 5.74) is 1.24. The number of aliphatic hydroxyl groups excluding tert-OH is 1. The summed E-state index contributed by atoms with van der Waals surface area (Å²) in [5, 5.41) is 13.6. The second kappa shape index (κ2) is 9.35. The molecule has 0 saturated heterocycles. The molecule has 114 valence electrons. The standard InChI is InChI=1S/C16H27ClN2O/c1-4-18-16(14-6-5-7-15(17)12-14)9-11-19(3)10-8-13(2)20/h5-7,12-13,16,18,20H,4,8-11H2,1-3H3. The third-order valence-corrected chi connectivity index (χ3v) is 3.66. The number of aliphatic hydroxyl groups is 1. The SMILES string of the molecule is CCNC(CCN(C)CCC(C)O)c1cccc(Cl)c1. The Labute approximate surface area is 127 Å². The van der Waals surface area contributed by atoms with Gasteiger partial charge in [-0.3, -0.25) is 0 Å². The molecular weight excluding hydrogens is 272 g/mol. The van der Waals surface area contributed by atoms with E-state index in [0.29, 0.717) is 6.04 Å². The van der Waals surface area contributed by atoms with Crippen molar-refractivity contribution in [3.05, 3.63) is 34.9 Å². The highest BCUT2D eigenvalue weighted by Crippen LogP contribution is 2.20. The highest BCUT2D eigenvalue weighted by molar-refractivity contribution is 6.30. The van der Waals surface area contributed by atoms with Crippen LogP contribution >= 0.6 is 11.6 Å². The molecule has 0 radical (unpaired) electrons. The first-order valence-electron chi connectivity index (χ1n) is 7.38. The lowest BCUT2D eigenvalue weighted by Gasteiger charge is -2.23. The number of nitrogens with zero attached hydrogens (tertiary/aromatic N) is 1. The first-order chi connectivity index (χ1) is 9.52.